The number of likely N-dealkylation sites (N-methyl/N-ethyl adjacent to an activating group) is 1. The van der Waals surface area contributed by atoms with Gasteiger partial charge in [0.1, 0.15) is 0 Å². The van der Waals surface area contributed by atoms with Crippen molar-refractivity contribution in [2.45, 2.75) is 64.8 Å². The van der Waals surface area contributed by atoms with E-state index >= 15 is 0 Å². The number of amides is 1. The van der Waals surface area contributed by atoms with Crippen molar-refractivity contribution >= 4 is 16.9 Å². The maximum absolute atomic E-state index is 12.6. The van der Waals surface area contributed by atoms with Gasteiger partial charge in [0.15, 0.2) is 12.3 Å². The van der Waals surface area contributed by atoms with Crippen LogP contribution in [0, 0.1) is 13.8 Å². The molecular weight excluding hydrogens is 328 g/mol. The second-order valence-electron chi connectivity index (χ2n) is 7.50. The van der Waals surface area contributed by atoms with Crippen LogP contribution in [0.5, 0.6) is 5.88 Å². The number of carbonyl (C=O) groups is 1. The Bertz CT molecular complexity index is 776. The summed E-state index contributed by atoms with van der Waals surface area (Å²) >= 11 is 0. The summed E-state index contributed by atoms with van der Waals surface area (Å²) in [6.07, 6.45) is 8.49. The molecule has 1 fully saturated rings. The van der Waals surface area contributed by atoms with Crippen LogP contribution in [0.2, 0.25) is 0 Å². The molecule has 142 valence electrons. The normalized spacial score (nSPS) is 16.3. The number of pyridine rings is 1. The molecule has 2 heterocycles. The van der Waals surface area contributed by atoms with Gasteiger partial charge in [-0.15, -0.1) is 5.10 Å². The number of carbonyl (C=O) groups excluding carboxylic acids is 1. The molecule has 0 aromatic carbocycles. The standard InChI is InChI=1S/C20H30N4O2/c1-14-12-15(2)21-19-18(14)20(22-24(19)4)26-13-17(25)23(3)16-10-8-6-5-7-9-11-16/h12,16H,5-11,13H2,1-4H3. The summed E-state index contributed by atoms with van der Waals surface area (Å²) in [6, 6.07) is 2.34. The second-order valence-corrected chi connectivity index (χ2v) is 7.50. The van der Waals surface area contributed by atoms with Crippen molar-refractivity contribution < 1.29 is 9.53 Å². The first-order valence-corrected chi connectivity index (χ1v) is 9.66. The minimum Gasteiger partial charge on any atom is -0.466 e. The molecule has 0 N–H and O–H groups in total. The van der Waals surface area contributed by atoms with Gasteiger partial charge in [-0.1, -0.05) is 32.1 Å². The van der Waals surface area contributed by atoms with Crippen LogP contribution in [-0.2, 0) is 11.8 Å². The van der Waals surface area contributed by atoms with Crippen LogP contribution in [0.3, 0.4) is 0 Å². The lowest BCUT2D eigenvalue weighted by molar-refractivity contribution is -0.134. The number of nitrogens with zero attached hydrogens (tertiary/aromatic N) is 4. The number of fused-ring (bicyclic) bond motifs is 1. The van der Waals surface area contributed by atoms with E-state index < -0.39 is 0 Å². The Labute approximate surface area is 155 Å². The van der Waals surface area contributed by atoms with Crippen LogP contribution in [0.1, 0.15) is 56.2 Å². The first kappa shape index (κ1) is 18.7. The van der Waals surface area contributed by atoms with E-state index in [4.69, 9.17) is 4.74 Å². The summed E-state index contributed by atoms with van der Waals surface area (Å²) in [5, 5.41) is 5.31. The van der Waals surface area contributed by atoms with E-state index in [0.29, 0.717) is 11.9 Å². The highest BCUT2D eigenvalue weighted by Gasteiger charge is 2.22. The fourth-order valence-corrected chi connectivity index (χ4v) is 3.91. The SMILES string of the molecule is Cc1cc(C)c2c(OCC(=O)N(C)C3CCCCCCC3)nn(C)c2n1. The Morgan fingerprint density at radius 3 is 2.58 bits per heavy atom. The van der Waals surface area contributed by atoms with Gasteiger partial charge in [-0.3, -0.25) is 4.79 Å². The van der Waals surface area contributed by atoms with Crippen LogP contribution >= 0.6 is 0 Å². The molecule has 2 aromatic heterocycles. The number of rotatable bonds is 4. The smallest absolute Gasteiger partial charge is 0.260 e. The molecule has 2 aromatic rings. The molecule has 1 saturated carbocycles. The summed E-state index contributed by atoms with van der Waals surface area (Å²) < 4.78 is 7.54. The molecule has 1 aliphatic carbocycles. The van der Waals surface area contributed by atoms with E-state index in [1.165, 1.54) is 32.1 Å². The highest BCUT2D eigenvalue weighted by atomic mass is 16.5. The minimum absolute atomic E-state index is 0.0203. The highest BCUT2D eigenvalue weighted by Crippen LogP contribution is 2.27. The largest absolute Gasteiger partial charge is 0.466 e. The predicted octanol–water partition coefficient (Wildman–Crippen LogP) is 3.54. The Balaban J connectivity index is 1.68. The van der Waals surface area contributed by atoms with Crippen molar-refractivity contribution in [1.29, 1.82) is 0 Å². The van der Waals surface area contributed by atoms with Crippen molar-refractivity contribution in [1.82, 2.24) is 19.7 Å². The van der Waals surface area contributed by atoms with Crippen LogP contribution in [0.4, 0.5) is 0 Å². The fourth-order valence-electron chi connectivity index (χ4n) is 3.91. The second kappa shape index (κ2) is 8.06. The molecule has 0 spiro atoms. The van der Waals surface area contributed by atoms with Gasteiger partial charge in [0, 0.05) is 25.8 Å². The zero-order chi connectivity index (χ0) is 18.7. The minimum atomic E-state index is 0.0203. The van der Waals surface area contributed by atoms with Crippen LogP contribution in [0.25, 0.3) is 11.0 Å². The summed E-state index contributed by atoms with van der Waals surface area (Å²) in [5.41, 5.74) is 2.80. The summed E-state index contributed by atoms with van der Waals surface area (Å²) in [4.78, 5) is 19.1. The zero-order valence-corrected chi connectivity index (χ0v) is 16.4. The van der Waals surface area contributed by atoms with Crippen molar-refractivity contribution in [2.24, 2.45) is 7.05 Å². The molecule has 0 aliphatic heterocycles. The molecule has 0 atom stereocenters. The van der Waals surface area contributed by atoms with Gasteiger partial charge < -0.3 is 9.64 Å². The van der Waals surface area contributed by atoms with Crippen LogP contribution < -0.4 is 4.74 Å². The summed E-state index contributed by atoms with van der Waals surface area (Å²) in [7, 11) is 3.76. The summed E-state index contributed by atoms with van der Waals surface area (Å²) in [5.74, 6) is 0.513. The van der Waals surface area contributed by atoms with E-state index in [-0.39, 0.29) is 12.5 Å². The quantitative estimate of drug-likeness (QED) is 0.839. The zero-order valence-electron chi connectivity index (χ0n) is 16.4. The number of hydrogen-bond acceptors (Lipinski definition) is 4. The third-order valence-corrected chi connectivity index (χ3v) is 5.43. The maximum Gasteiger partial charge on any atom is 0.260 e. The van der Waals surface area contributed by atoms with Gasteiger partial charge in [-0.2, -0.15) is 0 Å². The summed E-state index contributed by atoms with van der Waals surface area (Å²) in [6.45, 7) is 4.01. The third kappa shape index (κ3) is 4.00. The molecule has 0 unspecified atom stereocenters. The van der Waals surface area contributed by atoms with Crippen molar-refractivity contribution in [3.63, 3.8) is 0 Å². The third-order valence-electron chi connectivity index (χ3n) is 5.43. The Morgan fingerprint density at radius 2 is 1.88 bits per heavy atom. The van der Waals surface area contributed by atoms with Gasteiger partial charge in [0.05, 0.1) is 5.39 Å². The molecule has 0 radical (unpaired) electrons. The average molecular weight is 358 g/mol. The number of aryl methyl sites for hydroxylation is 3. The lowest BCUT2D eigenvalue weighted by atomic mass is 9.96. The van der Waals surface area contributed by atoms with Gasteiger partial charge in [-0.05, 0) is 38.3 Å². The fraction of sp³-hybridized carbons (Fsp3) is 0.650. The van der Waals surface area contributed by atoms with Crippen molar-refractivity contribution in [3.05, 3.63) is 17.3 Å². The monoisotopic (exact) mass is 358 g/mol. The molecule has 6 heteroatoms. The number of hydrogen-bond donors (Lipinski definition) is 0. The molecule has 0 bridgehead atoms. The van der Waals surface area contributed by atoms with Crippen molar-refractivity contribution in [3.8, 4) is 5.88 Å². The number of aromatic nitrogens is 3. The van der Waals surface area contributed by atoms with Crippen LogP contribution in [-0.4, -0.2) is 45.3 Å². The lowest BCUT2D eigenvalue weighted by Crippen LogP contribution is -2.40. The molecule has 26 heavy (non-hydrogen) atoms. The highest BCUT2D eigenvalue weighted by molar-refractivity contribution is 5.85. The number of ether oxygens (including phenoxy) is 1. The van der Waals surface area contributed by atoms with Gasteiger partial charge in [0.2, 0.25) is 5.88 Å². The maximum atomic E-state index is 12.6. The molecule has 0 saturated heterocycles. The Kier molecular flexibility index (Phi) is 5.79. The molecular formula is C20H30N4O2. The van der Waals surface area contributed by atoms with Gasteiger partial charge >= 0.3 is 0 Å². The molecule has 3 rings (SSSR count). The van der Waals surface area contributed by atoms with Gasteiger partial charge in [-0.25, -0.2) is 9.67 Å². The lowest BCUT2D eigenvalue weighted by Gasteiger charge is -2.29. The van der Waals surface area contributed by atoms with E-state index in [1.54, 1.807) is 4.68 Å². The first-order valence-electron chi connectivity index (χ1n) is 9.66. The van der Waals surface area contributed by atoms with E-state index in [9.17, 15) is 4.79 Å². The van der Waals surface area contributed by atoms with Gasteiger partial charge in [0.25, 0.3) is 5.91 Å². The molecule has 6 nitrogen and oxygen atoms in total. The Hall–Kier alpha value is -2.11. The first-order chi connectivity index (χ1) is 12.5. The molecule has 1 aliphatic rings. The van der Waals surface area contributed by atoms with E-state index in [2.05, 4.69) is 10.1 Å². The van der Waals surface area contributed by atoms with Crippen molar-refractivity contribution in [2.75, 3.05) is 13.7 Å². The average Bonchev–Trinajstić information content (AvgIpc) is 2.88. The topological polar surface area (TPSA) is 60.2 Å². The van der Waals surface area contributed by atoms with Crippen LogP contribution in [0.15, 0.2) is 6.07 Å². The molecule has 1 amide bonds. The van der Waals surface area contributed by atoms with E-state index in [0.717, 1.165) is 35.1 Å². The van der Waals surface area contributed by atoms with E-state index in [1.807, 2.05) is 38.9 Å². The Morgan fingerprint density at radius 1 is 1.23 bits per heavy atom. The predicted molar refractivity (Wildman–Crippen MR) is 102 cm³/mol.